The average Bonchev–Trinajstić information content (AvgIpc) is 3.26. The molecule has 0 aliphatic carbocycles. The molecule has 2 heterocycles. The fourth-order valence-corrected chi connectivity index (χ4v) is 3.76. The largest absolute Gasteiger partial charge is 0.330 e. The first-order valence-electron chi connectivity index (χ1n) is 8.60. The van der Waals surface area contributed by atoms with Crippen molar-refractivity contribution in [2.45, 2.75) is 26.9 Å². The summed E-state index contributed by atoms with van der Waals surface area (Å²) in [6.45, 7) is 6.10. The van der Waals surface area contributed by atoms with Gasteiger partial charge in [0.25, 0.3) is 5.91 Å². The van der Waals surface area contributed by atoms with Crippen molar-refractivity contribution in [3.8, 4) is 0 Å². The molecule has 3 aromatic rings. The molecule has 2 aromatic heterocycles. The van der Waals surface area contributed by atoms with Gasteiger partial charge in [0.15, 0.2) is 0 Å². The number of nitrogens with zero attached hydrogens (tertiary/aromatic N) is 3. The molecule has 0 saturated heterocycles. The molecule has 0 bridgehead atoms. The summed E-state index contributed by atoms with van der Waals surface area (Å²) in [5, 5.41) is 2.65. The van der Waals surface area contributed by atoms with E-state index in [4.69, 9.17) is 11.6 Å². The molecule has 0 N–H and O–H groups in total. The summed E-state index contributed by atoms with van der Waals surface area (Å²) >= 11 is 7.56. The topological polar surface area (TPSA) is 38.1 Å². The second-order valence-electron chi connectivity index (χ2n) is 6.66. The summed E-state index contributed by atoms with van der Waals surface area (Å²) in [7, 11) is 0. The first-order chi connectivity index (χ1) is 12.5. The van der Waals surface area contributed by atoms with Crippen LogP contribution in [-0.2, 0) is 13.1 Å². The van der Waals surface area contributed by atoms with E-state index in [9.17, 15) is 4.79 Å². The molecule has 3 rings (SSSR count). The Hall–Kier alpha value is -2.11. The van der Waals surface area contributed by atoms with Crippen molar-refractivity contribution in [1.29, 1.82) is 0 Å². The van der Waals surface area contributed by atoms with Gasteiger partial charge in [0.1, 0.15) is 5.82 Å². The Morgan fingerprint density at radius 1 is 1.31 bits per heavy atom. The number of carbonyl (C=O) groups is 1. The van der Waals surface area contributed by atoms with E-state index < -0.39 is 0 Å². The van der Waals surface area contributed by atoms with Gasteiger partial charge >= 0.3 is 0 Å². The van der Waals surface area contributed by atoms with E-state index in [0.29, 0.717) is 25.6 Å². The van der Waals surface area contributed by atoms with Crippen LogP contribution < -0.4 is 0 Å². The number of amides is 1. The quantitative estimate of drug-likeness (QED) is 0.575. The normalized spacial score (nSPS) is 11.1. The summed E-state index contributed by atoms with van der Waals surface area (Å²) in [6, 6.07) is 11.6. The lowest BCUT2D eigenvalue weighted by atomic mass is 10.2. The van der Waals surface area contributed by atoms with Crippen molar-refractivity contribution in [2.75, 3.05) is 6.54 Å². The number of benzene rings is 1. The summed E-state index contributed by atoms with van der Waals surface area (Å²) in [6.07, 6.45) is 3.72. The molecule has 0 fully saturated rings. The Morgan fingerprint density at radius 3 is 2.85 bits per heavy atom. The van der Waals surface area contributed by atoms with E-state index in [2.05, 4.69) is 23.4 Å². The highest BCUT2D eigenvalue weighted by atomic mass is 35.5. The third-order valence-corrected chi connectivity index (χ3v) is 5.07. The number of imidazole rings is 1. The number of hydrogen-bond donors (Lipinski definition) is 0. The third kappa shape index (κ3) is 4.74. The molecule has 0 saturated carbocycles. The molecule has 136 valence electrons. The van der Waals surface area contributed by atoms with Crippen LogP contribution in [0.2, 0.25) is 5.02 Å². The molecule has 1 aromatic carbocycles. The van der Waals surface area contributed by atoms with Gasteiger partial charge in [0, 0.05) is 30.5 Å². The average molecular weight is 388 g/mol. The molecule has 0 spiro atoms. The highest BCUT2D eigenvalue weighted by Crippen LogP contribution is 2.17. The molecular weight excluding hydrogens is 366 g/mol. The van der Waals surface area contributed by atoms with Crippen molar-refractivity contribution in [3.63, 3.8) is 0 Å². The molecule has 0 aliphatic heterocycles. The van der Waals surface area contributed by atoms with Gasteiger partial charge in [-0.2, -0.15) is 0 Å². The van der Waals surface area contributed by atoms with Gasteiger partial charge in [-0.15, -0.1) is 11.3 Å². The van der Waals surface area contributed by atoms with Gasteiger partial charge < -0.3 is 9.47 Å². The first kappa shape index (κ1) is 18.7. The lowest BCUT2D eigenvalue weighted by Crippen LogP contribution is -2.34. The summed E-state index contributed by atoms with van der Waals surface area (Å²) in [5.41, 5.74) is 1.11. The molecule has 0 unspecified atom stereocenters. The number of hydrogen-bond acceptors (Lipinski definition) is 3. The SMILES string of the molecule is CC(C)CN(Cc1nccn1Cc1cccc(Cl)c1)C(=O)c1cccs1. The summed E-state index contributed by atoms with van der Waals surface area (Å²) < 4.78 is 2.07. The molecule has 4 nitrogen and oxygen atoms in total. The Kier molecular flexibility index (Phi) is 6.12. The fraction of sp³-hybridized carbons (Fsp3) is 0.300. The van der Waals surface area contributed by atoms with Gasteiger partial charge in [0.05, 0.1) is 11.4 Å². The molecule has 1 amide bonds. The number of aromatic nitrogens is 2. The third-order valence-electron chi connectivity index (χ3n) is 3.98. The summed E-state index contributed by atoms with van der Waals surface area (Å²) in [5.74, 6) is 1.32. The molecule has 0 atom stereocenters. The maximum Gasteiger partial charge on any atom is 0.264 e. The Morgan fingerprint density at radius 2 is 2.15 bits per heavy atom. The molecular formula is C20H22ClN3OS. The molecule has 0 aliphatic rings. The van der Waals surface area contributed by atoms with Gasteiger partial charge in [0.2, 0.25) is 0 Å². The fourth-order valence-electron chi connectivity index (χ4n) is 2.85. The van der Waals surface area contributed by atoms with Crippen LogP contribution in [0.3, 0.4) is 0 Å². The van der Waals surface area contributed by atoms with Crippen LogP contribution in [0.15, 0.2) is 54.2 Å². The standard InChI is InChI=1S/C20H22ClN3OS/c1-15(2)12-24(20(25)18-7-4-10-26-18)14-19-22-8-9-23(19)13-16-5-3-6-17(21)11-16/h3-11,15H,12-14H2,1-2H3. The number of rotatable bonds is 7. The maximum absolute atomic E-state index is 12.9. The second-order valence-corrected chi connectivity index (χ2v) is 8.04. The van der Waals surface area contributed by atoms with E-state index in [1.165, 1.54) is 11.3 Å². The van der Waals surface area contributed by atoms with E-state index in [0.717, 1.165) is 21.3 Å². The van der Waals surface area contributed by atoms with Gasteiger partial charge in [-0.3, -0.25) is 4.79 Å². The Balaban J connectivity index is 1.79. The van der Waals surface area contributed by atoms with E-state index in [-0.39, 0.29) is 5.91 Å². The number of carbonyl (C=O) groups excluding carboxylic acids is 1. The van der Waals surface area contributed by atoms with Crippen LogP contribution in [0.25, 0.3) is 0 Å². The minimum atomic E-state index is 0.0611. The van der Waals surface area contributed by atoms with Gasteiger partial charge in [-0.25, -0.2) is 4.98 Å². The minimum Gasteiger partial charge on any atom is -0.330 e. The zero-order valence-corrected chi connectivity index (χ0v) is 16.5. The van der Waals surface area contributed by atoms with Crippen molar-refractivity contribution in [1.82, 2.24) is 14.5 Å². The van der Waals surface area contributed by atoms with Crippen LogP contribution in [0.5, 0.6) is 0 Å². The number of thiophene rings is 1. The van der Waals surface area contributed by atoms with Crippen LogP contribution in [0.4, 0.5) is 0 Å². The highest BCUT2D eigenvalue weighted by Gasteiger charge is 2.20. The van der Waals surface area contributed by atoms with Crippen LogP contribution >= 0.6 is 22.9 Å². The summed E-state index contributed by atoms with van der Waals surface area (Å²) in [4.78, 5) is 20.0. The Bertz CT molecular complexity index is 858. The maximum atomic E-state index is 12.9. The monoisotopic (exact) mass is 387 g/mol. The van der Waals surface area contributed by atoms with Crippen LogP contribution in [0, 0.1) is 5.92 Å². The van der Waals surface area contributed by atoms with Crippen molar-refractivity contribution >= 4 is 28.8 Å². The van der Waals surface area contributed by atoms with Crippen molar-refractivity contribution in [2.24, 2.45) is 5.92 Å². The first-order valence-corrected chi connectivity index (χ1v) is 9.86. The predicted molar refractivity (Wildman–Crippen MR) is 107 cm³/mol. The zero-order valence-electron chi connectivity index (χ0n) is 14.9. The van der Waals surface area contributed by atoms with Crippen LogP contribution in [0.1, 0.15) is 34.9 Å². The molecule has 6 heteroatoms. The Labute approximate surface area is 163 Å². The van der Waals surface area contributed by atoms with Gasteiger partial charge in [-0.05, 0) is 35.1 Å². The molecule has 26 heavy (non-hydrogen) atoms. The van der Waals surface area contributed by atoms with Crippen molar-refractivity contribution in [3.05, 3.63) is 75.5 Å². The number of halogens is 1. The predicted octanol–water partition coefficient (Wildman–Crippen LogP) is 4.94. The second kappa shape index (κ2) is 8.52. The minimum absolute atomic E-state index is 0.0611. The van der Waals surface area contributed by atoms with Gasteiger partial charge in [-0.1, -0.05) is 43.6 Å². The van der Waals surface area contributed by atoms with Crippen LogP contribution in [-0.4, -0.2) is 26.9 Å². The van der Waals surface area contributed by atoms with E-state index in [1.54, 1.807) is 6.20 Å². The lowest BCUT2D eigenvalue weighted by molar-refractivity contribution is 0.0721. The lowest BCUT2D eigenvalue weighted by Gasteiger charge is -2.24. The van der Waals surface area contributed by atoms with Crippen molar-refractivity contribution < 1.29 is 4.79 Å². The smallest absolute Gasteiger partial charge is 0.264 e. The van der Waals surface area contributed by atoms with E-state index in [1.807, 2.05) is 52.9 Å². The van der Waals surface area contributed by atoms with E-state index >= 15 is 0 Å². The zero-order chi connectivity index (χ0) is 18.5. The molecule has 0 radical (unpaired) electrons. The highest BCUT2D eigenvalue weighted by molar-refractivity contribution is 7.12.